The van der Waals surface area contributed by atoms with E-state index < -0.39 is 5.82 Å². The average Bonchev–Trinajstić information content (AvgIpc) is 3.03. The minimum absolute atomic E-state index is 0.124. The fraction of sp³-hybridized carbons (Fsp3) is 0.435. The summed E-state index contributed by atoms with van der Waals surface area (Å²) in [5.41, 5.74) is 1.26. The Morgan fingerprint density at radius 1 is 1.16 bits per heavy atom. The Morgan fingerprint density at radius 2 is 1.87 bits per heavy atom. The molecule has 2 aromatic rings. The lowest BCUT2D eigenvalue weighted by Gasteiger charge is -2.37. The Hall–Kier alpha value is -3.00. The summed E-state index contributed by atoms with van der Waals surface area (Å²) in [5.74, 6) is -0.0931. The van der Waals surface area contributed by atoms with Crippen LogP contribution >= 0.6 is 0 Å². The number of rotatable bonds is 4. The van der Waals surface area contributed by atoms with Crippen molar-refractivity contribution in [3.05, 3.63) is 53.0 Å². The molecule has 31 heavy (non-hydrogen) atoms. The second-order valence-electron chi connectivity index (χ2n) is 8.30. The van der Waals surface area contributed by atoms with Gasteiger partial charge >= 0.3 is 0 Å². The topological polar surface area (TPSA) is 72.0 Å². The van der Waals surface area contributed by atoms with Gasteiger partial charge in [0.05, 0.1) is 22.9 Å². The normalized spacial score (nSPS) is 21.9. The quantitative estimate of drug-likeness (QED) is 0.702. The van der Waals surface area contributed by atoms with Crippen LogP contribution in [0.15, 0.2) is 30.3 Å². The highest BCUT2D eigenvalue weighted by Crippen LogP contribution is 2.35. The lowest BCUT2D eigenvalue weighted by atomic mass is 9.95. The first-order chi connectivity index (χ1) is 15.0. The zero-order valence-electron chi connectivity index (χ0n) is 17.3. The second-order valence-corrected chi connectivity index (χ2v) is 8.30. The Balaban J connectivity index is 1.30. The molecule has 0 aliphatic carbocycles. The average molecular weight is 425 g/mol. The van der Waals surface area contributed by atoms with E-state index in [4.69, 9.17) is 9.47 Å². The molecule has 0 radical (unpaired) electrons. The van der Waals surface area contributed by atoms with Crippen molar-refractivity contribution < 1.29 is 23.5 Å². The lowest BCUT2D eigenvalue weighted by molar-refractivity contribution is 0.0564. The maximum Gasteiger partial charge on any atom is 0.261 e. The van der Waals surface area contributed by atoms with E-state index in [1.807, 2.05) is 6.92 Å². The van der Waals surface area contributed by atoms with E-state index in [9.17, 15) is 14.0 Å². The molecular formula is C23H24FN3O4. The minimum atomic E-state index is -0.417. The molecule has 3 aliphatic rings. The summed E-state index contributed by atoms with van der Waals surface area (Å²) in [6, 6.07) is 8.01. The van der Waals surface area contributed by atoms with Crippen molar-refractivity contribution in [3.8, 4) is 11.6 Å². The zero-order valence-corrected chi connectivity index (χ0v) is 17.3. The van der Waals surface area contributed by atoms with E-state index in [2.05, 4.69) is 9.88 Å². The molecule has 0 spiro atoms. The SMILES string of the molecule is CC(c1nc2c(cc1F)OCCO2)N1CCC[C@H](CN2C(=O)c3ccccc3C2=O)C1. The van der Waals surface area contributed by atoms with Gasteiger partial charge in [-0.1, -0.05) is 12.1 Å². The second kappa shape index (κ2) is 7.92. The van der Waals surface area contributed by atoms with Crippen LogP contribution in [0.4, 0.5) is 4.39 Å². The van der Waals surface area contributed by atoms with Crippen molar-refractivity contribution in [2.24, 2.45) is 5.92 Å². The maximum absolute atomic E-state index is 14.7. The van der Waals surface area contributed by atoms with E-state index in [0.717, 1.165) is 19.4 Å². The van der Waals surface area contributed by atoms with Crippen LogP contribution in [0.2, 0.25) is 0 Å². The number of carbonyl (C=O) groups is 2. The number of hydrogen-bond acceptors (Lipinski definition) is 6. The molecule has 8 heteroatoms. The lowest BCUT2D eigenvalue weighted by Crippen LogP contribution is -2.43. The molecule has 2 amide bonds. The van der Waals surface area contributed by atoms with Gasteiger partial charge in [0.1, 0.15) is 19.0 Å². The van der Waals surface area contributed by atoms with Crippen LogP contribution in [-0.4, -0.2) is 59.4 Å². The number of fused-ring (bicyclic) bond motifs is 2. The summed E-state index contributed by atoms with van der Waals surface area (Å²) in [5, 5.41) is 0. The third kappa shape index (κ3) is 3.54. The number of carbonyl (C=O) groups excluding carboxylic acids is 2. The van der Waals surface area contributed by atoms with Crippen LogP contribution < -0.4 is 9.47 Å². The summed E-state index contributed by atoms with van der Waals surface area (Å²) in [6.45, 7) is 4.53. The van der Waals surface area contributed by atoms with Gasteiger partial charge in [-0.05, 0) is 44.4 Å². The van der Waals surface area contributed by atoms with Crippen molar-refractivity contribution in [3.63, 3.8) is 0 Å². The number of amides is 2. The fourth-order valence-electron chi connectivity index (χ4n) is 4.69. The molecule has 5 rings (SSSR count). The number of ether oxygens (including phenoxy) is 2. The first-order valence-electron chi connectivity index (χ1n) is 10.7. The Bertz CT molecular complexity index is 1010. The molecule has 7 nitrogen and oxygen atoms in total. The standard InChI is InChI=1S/C23H24FN3O4/c1-14(20-18(24)11-19-21(25-20)31-10-9-30-19)26-8-4-5-15(12-26)13-27-22(28)16-6-2-3-7-17(16)23(27)29/h2-3,6-7,11,14-15H,4-5,8-10,12-13H2,1H3/t14?,15-/m0/s1. The van der Waals surface area contributed by atoms with Gasteiger partial charge in [0, 0.05) is 19.2 Å². The Kier molecular flexibility index (Phi) is 5.09. The van der Waals surface area contributed by atoms with E-state index in [0.29, 0.717) is 54.8 Å². The predicted octanol–water partition coefficient (Wildman–Crippen LogP) is 3.06. The van der Waals surface area contributed by atoms with E-state index in [-0.39, 0.29) is 23.8 Å². The van der Waals surface area contributed by atoms with Gasteiger partial charge in [0.25, 0.3) is 17.7 Å². The maximum atomic E-state index is 14.7. The van der Waals surface area contributed by atoms with E-state index >= 15 is 0 Å². The van der Waals surface area contributed by atoms with Gasteiger partial charge in [-0.15, -0.1) is 0 Å². The Morgan fingerprint density at radius 3 is 2.61 bits per heavy atom. The van der Waals surface area contributed by atoms with Crippen molar-refractivity contribution in [1.29, 1.82) is 0 Å². The molecule has 2 atom stereocenters. The van der Waals surface area contributed by atoms with Gasteiger partial charge in [0.2, 0.25) is 0 Å². The van der Waals surface area contributed by atoms with Crippen LogP contribution in [0.25, 0.3) is 0 Å². The molecule has 3 aliphatic heterocycles. The number of likely N-dealkylation sites (tertiary alicyclic amines) is 1. The smallest absolute Gasteiger partial charge is 0.261 e. The summed E-state index contributed by atoms with van der Waals surface area (Å²) < 4.78 is 25.7. The summed E-state index contributed by atoms with van der Waals surface area (Å²) in [4.78, 5) is 33.3. The fourth-order valence-corrected chi connectivity index (χ4v) is 4.69. The molecule has 1 aromatic carbocycles. The number of piperidine rings is 1. The molecule has 1 saturated heterocycles. The third-order valence-electron chi connectivity index (χ3n) is 6.33. The molecule has 162 valence electrons. The highest BCUT2D eigenvalue weighted by atomic mass is 19.1. The van der Waals surface area contributed by atoms with Crippen LogP contribution in [0, 0.1) is 11.7 Å². The van der Waals surface area contributed by atoms with Crippen molar-refractivity contribution >= 4 is 11.8 Å². The van der Waals surface area contributed by atoms with Crippen molar-refractivity contribution in [2.45, 2.75) is 25.8 Å². The number of halogens is 1. The number of benzene rings is 1. The van der Waals surface area contributed by atoms with Gasteiger partial charge < -0.3 is 9.47 Å². The Labute approximate surface area is 179 Å². The zero-order chi connectivity index (χ0) is 21.5. The van der Waals surface area contributed by atoms with E-state index in [1.54, 1.807) is 24.3 Å². The minimum Gasteiger partial charge on any atom is -0.484 e. The number of pyridine rings is 1. The summed E-state index contributed by atoms with van der Waals surface area (Å²) in [6.07, 6.45) is 1.82. The van der Waals surface area contributed by atoms with Gasteiger partial charge in [-0.25, -0.2) is 9.37 Å². The van der Waals surface area contributed by atoms with Crippen molar-refractivity contribution in [1.82, 2.24) is 14.8 Å². The number of aromatic nitrogens is 1. The molecule has 0 saturated carbocycles. The summed E-state index contributed by atoms with van der Waals surface area (Å²) >= 11 is 0. The molecule has 1 unspecified atom stereocenters. The van der Waals surface area contributed by atoms with Gasteiger partial charge in [-0.3, -0.25) is 19.4 Å². The third-order valence-corrected chi connectivity index (χ3v) is 6.33. The monoisotopic (exact) mass is 425 g/mol. The first kappa shape index (κ1) is 19.9. The highest BCUT2D eigenvalue weighted by Gasteiger charge is 2.38. The van der Waals surface area contributed by atoms with Crippen LogP contribution in [-0.2, 0) is 0 Å². The number of imide groups is 1. The molecule has 0 bridgehead atoms. The first-order valence-corrected chi connectivity index (χ1v) is 10.7. The molecule has 1 aromatic heterocycles. The molecular weight excluding hydrogens is 401 g/mol. The molecule has 0 N–H and O–H groups in total. The summed E-state index contributed by atoms with van der Waals surface area (Å²) in [7, 11) is 0. The predicted molar refractivity (Wildman–Crippen MR) is 110 cm³/mol. The van der Waals surface area contributed by atoms with Crippen LogP contribution in [0.5, 0.6) is 11.6 Å². The largest absolute Gasteiger partial charge is 0.484 e. The number of nitrogens with zero attached hydrogens (tertiary/aromatic N) is 3. The van der Waals surface area contributed by atoms with Crippen LogP contribution in [0.1, 0.15) is 52.2 Å². The molecule has 4 heterocycles. The van der Waals surface area contributed by atoms with Crippen LogP contribution in [0.3, 0.4) is 0 Å². The van der Waals surface area contributed by atoms with Crippen molar-refractivity contribution in [2.75, 3.05) is 32.8 Å². The van der Waals surface area contributed by atoms with Gasteiger partial charge in [-0.2, -0.15) is 0 Å². The number of hydrogen-bond donors (Lipinski definition) is 0. The van der Waals surface area contributed by atoms with E-state index in [1.165, 1.54) is 11.0 Å². The van der Waals surface area contributed by atoms with Gasteiger partial charge in [0.15, 0.2) is 5.75 Å². The highest BCUT2D eigenvalue weighted by molar-refractivity contribution is 6.21. The molecule has 1 fully saturated rings.